The third-order valence-electron chi connectivity index (χ3n) is 2.14. The molecule has 0 saturated heterocycles. The van der Waals surface area contributed by atoms with Gasteiger partial charge in [-0.1, -0.05) is 6.07 Å². The van der Waals surface area contributed by atoms with Crippen molar-refractivity contribution in [2.45, 2.75) is 19.4 Å². The average Bonchev–Trinajstić information content (AvgIpc) is 2.70. The second kappa shape index (κ2) is 4.94. The number of nitrogens with one attached hydrogen (secondary N) is 1. The molecule has 0 aliphatic carbocycles. The summed E-state index contributed by atoms with van der Waals surface area (Å²) in [4.78, 5) is 9.56. The molecule has 0 aliphatic rings. The van der Waals surface area contributed by atoms with Gasteiger partial charge < -0.3 is 11.1 Å². The maximum atomic E-state index is 5.58. The Morgan fingerprint density at radius 2 is 2.38 bits per heavy atom. The van der Waals surface area contributed by atoms with E-state index in [-0.39, 0.29) is 0 Å². The number of rotatable bonds is 4. The van der Waals surface area contributed by atoms with Gasteiger partial charge >= 0.3 is 0 Å². The average molecular weight is 234 g/mol. The summed E-state index contributed by atoms with van der Waals surface area (Å²) in [5.74, 6) is 1.07. The Kier molecular flexibility index (Phi) is 3.36. The third kappa shape index (κ3) is 2.93. The van der Waals surface area contributed by atoms with E-state index >= 15 is 0 Å². The molecule has 0 aliphatic heterocycles. The summed E-state index contributed by atoms with van der Waals surface area (Å²) in [7, 11) is 0. The first-order valence-electron chi connectivity index (χ1n) is 5.11. The molecule has 16 heavy (non-hydrogen) atoms. The van der Waals surface area contributed by atoms with Crippen molar-refractivity contribution in [1.82, 2.24) is 9.97 Å². The summed E-state index contributed by atoms with van der Waals surface area (Å²) in [5, 5.41) is 5.31. The lowest BCUT2D eigenvalue weighted by Crippen LogP contribution is -2.19. The quantitative estimate of drug-likeness (QED) is 0.851. The standard InChI is InChI=1S/C11H14N4S/c1-8(7-9-3-2-6-16-9)14-11-13-5-4-10(12)15-11/h2-6,8H,7H2,1H3,(H3,12,13,14,15). The van der Waals surface area contributed by atoms with Crippen LogP contribution >= 0.6 is 11.3 Å². The molecule has 0 spiro atoms. The molecule has 0 radical (unpaired) electrons. The first-order chi connectivity index (χ1) is 7.74. The molecule has 0 fully saturated rings. The lowest BCUT2D eigenvalue weighted by atomic mass is 10.2. The molecule has 0 bridgehead atoms. The zero-order valence-electron chi connectivity index (χ0n) is 9.05. The summed E-state index contributed by atoms with van der Waals surface area (Å²) in [6, 6.07) is 6.16. The van der Waals surface area contributed by atoms with Crippen LogP contribution in [0.1, 0.15) is 11.8 Å². The Morgan fingerprint density at radius 1 is 1.50 bits per heavy atom. The van der Waals surface area contributed by atoms with Gasteiger partial charge in [0.15, 0.2) is 0 Å². The lowest BCUT2D eigenvalue weighted by Gasteiger charge is -2.12. The number of hydrogen-bond acceptors (Lipinski definition) is 5. The van der Waals surface area contributed by atoms with Crippen LogP contribution < -0.4 is 11.1 Å². The molecule has 2 aromatic heterocycles. The fraction of sp³-hybridized carbons (Fsp3) is 0.273. The van der Waals surface area contributed by atoms with Crippen LogP contribution in [0.3, 0.4) is 0 Å². The maximum Gasteiger partial charge on any atom is 0.224 e. The van der Waals surface area contributed by atoms with Crippen LogP contribution in [-0.4, -0.2) is 16.0 Å². The Hall–Kier alpha value is -1.62. The molecule has 4 nitrogen and oxygen atoms in total. The van der Waals surface area contributed by atoms with E-state index in [2.05, 4.69) is 39.7 Å². The van der Waals surface area contributed by atoms with E-state index < -0.39 is 0 Å². The highest BCUT2D eigenvalue weighted by molar-refractivity contribution is 7.09. The van der Waals surface area contributed by atoms with Crippen LogP contribution in [-0.2, 0) is 6.42 Å². The van der Waals surface area contributed by atoms with Gasteiger partial charge in [-0.15, -0.1) is 11.3 Å². The molecule has 5 heteroatoms. The normalized spacial score (nSPS) is 12.3. The van der Waals surface area contributed by atoms with E-state index in [0.29, 0.717) is 17.8 Å². The molecule has 0 saturated carbocycles. The van der Waals surface area contributed by atoms with E-state index in [1.165, 1.54) is 4.88 Å². The topological polar surface area (TPSA) is 63.8 Å². The SMILES string of the molecule is CC(Cc1cccs1)Nc1nccc(N)n1. The van der Waals surface area contributed by atoms with Crippen molar-refractivity contribution < 1.29 is 0 Å². The van der Waals surface area contributed by atoms with Gasteiger partial charge in [0.25, 0.3) is 0 Å². The summed E-state index contributed by atoms with van der Waals surface area (Å²) in [6.45, 7) is 2.10. The van der Waals surface area contributed by atoms with Gasteiger partial charge in [0.2, 0.25) is 5.95 Å². The van der Waals surface area contributed by atoms with Gasteiger partial charge in [0.05, 0.1) is 0 Å². The van der Waals surface area contributed by atoms with Crippen molar-refractivity contribution in [2.75, 3.05) is 11.1 Å². The second-order valence-corrected chi connectivity index (χ2v) is 4.67. The minimum absolute atomic E-state index is 0.292. The highest BCUT2D eigenvalue weighted by atomic mass is 32.1. The minimum atomic E-state index is 0.292. The molecule has 1 unspecified atom stereocenters. The first kappa shape index (κ1) is 10.9. The highest BCUT2D eigenvalue weighted by Crippen LogP contribution is 2.13. The van der Waals surface area contributed by atoms with Crippen LogP contribution in [0, 0.1) is 0 Å². The molecule has 2 aromatic rings. The van der Waals surface area contributed by atoms with Gasteiger partial charge in [0.1, 0.15) is 5.82 Å². The molecule has 2 rings (SSSR count). The zero-order valence-corrected chi connectivity index (χ0v) is 9.87. The van der Waals surface area contributed by atoms with Crippen molar-refractivity contribution in [3.05, 3.63) is 34.7 Å². The number of thiophene rings is 1. The fourth-order valence-electron chi connectivity index (χ4n) is 1.44. The van der Waals surface area contributed by atoms with E-state index in [0.717, 1.165) is 6.42 Å². The number of nitrogens with zero attached hydrogens (tertiary/aromatic N) is 2. The van der Waals surface area contributed by atoms with Gasteiger partial charge in [-0.3, -0.25) is 0 Å². The Balaban J connectivity index is 1.94. The Labute approximate surface area is 98.6 Å². The van der Waals surface area contributed by atoms with Crippen molar-refractivity contribution >= 4 is 23.1 Å². The maximum absolute atomic E-state index is 5.58. The molecule has 3 N–H and O–H groups in total. The van der Waals surface area contributed by atoms with Crippen LogP contribution in [0.15, 0.2) is 29.8 Å². The molecular weight excluding hydrogens is 220 g/mol. The van der Waals surface area contributed by atoms with Crippen molar-refractivity contribution in [1.29, 1.82) is 0 Å². The van der Waals surface area contributed by atoms with Gasteiger partial charge in [0, 0.05) is 23.5 Å². The van der Waals surface area contributed by atoms with E-state index in [9.17, 15) is 0 Å². The number of aromatic nitrogens is 2. The number of anilines is 2. The predicted molar refractivity (Wildman–Crippen MR) is 67.6 cm³/mol. The number of nitrogens with two attached hydrogens (primary N) is 1. The highest BCUT2D eigenvalue weighted by Gasteiger charge is 2.05. The molecule has 84 valence electrons. The second-order valence-electron chi connectivity index (χ2n) is 3.63. The number of hydrogen-bond donors (Lipinski definition) is 2. The summed E-state index contributed by atoms with van der Waals surface area (Å²) < 4.78 is 0. The Bertz CT molecular complexity index is 441. The summed E-state index contributed by atoms with van der Waals surface area (Å²) >= 11 is 1.76. The first-order valence-corrected chi connectivity index (χ1v) is 5.99. The Morgan fingerprint density at radius 3 is 3.06 bits per heavy atom. The van der Waals surface area contributed by atoms with Crippen LogP contribution in [0.4, 0.5) is 11.8 Å². The smallest absolute Gasteiger partial charge is 0.224 e. The van der Waals surface area contributed by atoms with Crippen molar-refractivity contribution in [3.63, 3.8) is 0 Å². The van der Waals surface area contributed by atoms with Crippen LogP contribution in [0.2, 0.25) is 0 Å². The molecule has 0 amide bonds. The molecular formula is C11H14N4S. The fourth-order valence-corrected chi connectivity index (χ4v) is 2.28. The largest absolute Gasteiger partial charge is 0.384 e. The van der Waals surface area contributed by atoms with Gasteiger partial charge in [-0.05, 0) is 24.4 Å². The predicted octanol–water partition coefficient (Wildman–Crippen LogP) is 2.16. The van der Waals surface area contributed by atoms with E-state index in [4.69, 9.17) is 5.73 Å². The lowest BCUT2D eigenvalue weighted by molar-refractivity contribution is 0.787. The molecule has 2 heterocycles. The molecule has 0 aromatic carbocycles. The van der Waals surface area contributed by atoms with Gasteiger partial charge in [-0.2, -0.15) is 4.98 Å². The van der Waals surface area contributed by atoms with Crippen LogP contribution in [0.25, 0.3) is 0 Å². The van der Waals surface area contributed by atoms with Crippen molar-refractivity contribution in [3.8, 4) is 0 Å². The number of nitrogen functional groups attached to an aromatic ring is 1. The van der Waals surface area contributed by atoms with E-state index in [1.54, 1.807) is 23.6 Å². The molecule has 1 atom stereocenters. The summed E-state index contributed by atoms with van der Waals surface area (Å²) in [5.41, 5.74) is 5.58. The van der Waals surface area contributed by atoms with E-state index in [1.807, 2.05) is 0 Å². The zero-order chi connectivity index (χ0) is 11.4. The monoisotopic (exact) mass is 234 g/mol. The van der Waals surface area contributed by atoms with Crippen LogP contribution in [0.5, 0.6) is 0 Å². The summed E-state index contributed by atoms with van der Waals surface area (Å²) in [6.07, 6.45) is 2.62. The van der Waals surface area contributed by atoms with Crippen molar-refractivity contribution in [2.24, 2.45) is 0 Å². The minimum Gasteiger partial charge on any atom is -0.384 e. The van der Waals surface area contributed by atoms with Gasteiger partial charge in [-0.25, -0.2) is 4.98 Å². The third-order valence-corrected chi connectivity index (χ3v) is 3.04.